The number of fused-ring (bicyclic) bond motifs is 2. The summed E-state index contributed by atoms with van der Waals surface area (Å²) in [5.41, 5.74) is 7.98. The Morgan fingerprint density at radius 3 is 1.98 bits per heavy atom. The third-order valence-corrected chi connectivity index (χ3v) is 9.29. The zero-order chi connectivity index (χ0) is 32.9. The van der Waals surface area contributed by atoms with Crippen molar-refractivity contribution in [3.8, 4) is 0 Å². The molecule has 8 heterocycles. The Hall–Kier alpha value is -3.95. The van der Waals surface area contributed by atoms with Gasteiger partial charge in [0.05, 0.1) is 19.3 Å². The lowest BCUT2D eigenvalue weighted by Crippen LogP contribution is -2.27. The van der Waals surface area contributed by atoms with Gasteiger partial charge >= 0.3 is 0 Å². The average molecular weight is 786 g/mol. The molecule has 15 heteroatoms. The van der Waals surface area contributed by atoms with Crippen LogP contribution in [0.15, 0.2) is 73.6 Å². The lowest BCUT2D eigenvalue weighted by molar-refractivity contribution is 0.727. The van der Waals surface area contributed by atoms with Crippen LogP contribution in [-0.2, 0) is 0 Å². The van der Waals surface area contributed by atoms with Gasteiger partial charge in [-0.2, -0.15) is 10.2 Å². The molecule has 3 N–H and O–H groups in total. The fourth-order valence-electron chi connectivity index (χ4n) is 5.78. The molecule has 12 nitrogen and oxygen atoms in total. The molecule has 2 fully saturated rings. The lowest BCUT2D eigenvalue weighted by Gasteiger charge is -2.23. The van der Waals surface area contributed by atoms with Crippen molar-refractivity contribution < 1.29 is 0 Å². The number of nitrogens with one attached hydrogen (secondary N) is 1. The quantitative estimate of drug-likeness (QED) is 0.178. The number of nitrogens with zero attached hydrogens (tertiary/aromatic N) is 10. The second kappa shape index (κ2) is 14.9. The van der Waals surface area contributed by atoms with Crippen LogP contribution in [0, 0.1) is 3.57 Å². The van der Waals surface area contributed by atoms with Crippen molar-refractivity contribution in [2.75, 3.05) is 33.9 Å². The number of rotatable bonds is 4. The van der Waals surface area contributed by atoms with E-state index in [1.54, 1.807) is 21.4 Å². The lowest BCUT2D eigenvalue weighted by atomic mass is 10.2. The van der Waals surface area contributed by atoms with Gasteiger partial charge in [0, 0.05) is 37.6 Å². The zero-order valence-electron chi connectivity index (χ0n) is 26.0. The van der Waals surface area contributed by atoms with Crippen LogP contribution in [0.3, 0.4) is 0 Å². The molecule has 0 amide bonds. The summed E-state index contributed by atoms with van der Waals surface area (Å²) in [5.74, 6) is 3.40. The minimum atomic E-state index is 0.534. The van der Waals surface area contributed by atoms with Gasteiger partial charge in [-0.15, -0.1) is 0 Å². The highest BCUT2D eigenvalue weighted by Crippen LogP contribution is 2.28. The number of anilines is 5. The van der Waals surface area contributed by atoms with Gasteiger partial charge in [-0.1, -0.05) is 35.3 Å². The van der Waals surface area contributed by atoms with E-state index in [2.05, 4.69) is 82.8 Å². The summed E-state index contributed by atoms with van der Waals surface area (Å²) in [5, 5.41) is 12.7. The molecule has 0 radical (unpaired) electrons. The third-order valence-electron chi connectivity index (χ3n) is 8.09. The second-order valence-corrected chi connectivity index (χ2v) is 13.5. The molecule has 6 aromatic heterocycles. The van der Waals surface area contributed by atoms with E-state index >= 15 is 0 Å². The van der Waals surface area contributed by atoms with E-state index in [0.717, 1.165) is 51.1 Å². The first-order valence-electron chi connectivity index (χ1n) is 15.4. The number of aromatic nitrogens is 8. The molecule has 2 aliphatic rings. The van der Waals surface area contributed by atoms with Crippen molar-refractivity contribution in [1.29, 1.82) is 0 Å². The molecule has 0 aliphatic carbocycles. The molecule has 47 heavy (non-hydrogen) atoms. The monoisotopic (exact) mass is 784 g/mol. The van der Waals surface area contributed by atoms with Crippen LogP contribution in [-0.4, -0.2) is 64.3 Å². The van der Waals surface area contributed by atoms with Crippen molar-refractivity contribution in [3.63, 3.8) is 0 Å². The van der Waals surface area contributed by atoms with Crippen molar-refractivity contribution in [2.45, 2.75) is 51.6 Å². The minimum absolute atomic E-state index is 0.534. The van der Waals surface area contributed by atoms with Crippen LogP contribution < -0.4 is 20.9 Å². The molecule has 0 saturated carbocycles. The van der Waals surface area contributed by atoms with E-state index in [-0.39, 0.29) is 0 Å². The van der Waals surface area contributed by atoms with Crippen molar-refractivity contribution in [3.05, 3.63) is 87.2 Å². The van der Waals surface area contributed by atoms with E-state index < -0.39 is 0 Å². The Morgan fingerprint density at radius 2 is 1.36 bits per heavy atom. The first kappa shape index (κ1) is 33.0. The Labute approximate surface area is 296 Å². The highest BCUT2D eigenvalue weighted by atomic mass is 127. The van der Waals surface area contributed by atoms with Gasteiger partial charge in [-0.25, -0.2) is 29.0 Å². The number of halogens is 3. The average Bonchev–Trinajstić information content (AvgIpc) is 3.86. The number of hydrogen-bond acceptors (Lipinski definition) is 10. The van der Waals surface area contributed by atoms with Crippen molar-refractivity contribution in [1.82, 2.24) is 39.2 Å². The van der Waals surface area contributed by atoms with E-state index in [1.165, 1.54) is 38.3 Å². The summed E-state index contributed by atoms with van der Waals surface area (Å²) >= 11 is 14.1. The van der Waals surface area contributed by atoms with Crippen LogP contribution in [0.25, 0.3) is 11.3 Å². The summed E-state index contributed by atoms with van der Waals surface area (Å²) in [6, 6.07) is 16.6. The van der Waals surface area contributed by atoms with E-state index in [9.17, 15) is 0 Å². The first-order chi connectivity index (χ1) is 22.7. The molecular weight excluding hydrogens is 750 g/mol. The molecule has 2 saturated heterocycles. The van der Waals surface area contributed by atoms with E-state index in [0.29, 0.717) is 27.9 Å². The molecule has 8 rings (SSSR count). The number of hydrogen-bond donors (Lipinski definition) is 2. The summed E-state index contributed by atoms with van der Waals surface area (Å²) in [6.07, 6.45) is 11.4. The zero-order valence-corrected chi connectivity index (χ0v) is 29.7. The molecule has 0 aromatic carbocycles. The van der Waals surface area contributed by atoms with Crippen LogP contribution in [0.5, 0.6) is 0 Å². The number of nitrogens with two attached hydrogens (primary N) is 1. The maximum atomic E-state index is 6.14. The SMILES string of the molecule is C[C@H]1CCCN1c1cccc(N)n1.C[C@H]1CCCN1c1cccc(Nc2cc(Cl)cn3ncnc23)n1.Clc1cc(I)c2ncnn2c1. The largest absolute Gasteiger partial charge is 0.384 e. The van der Waals surface area contributed by atoms with Gasteiger partial charge in [0.25, 0.3) is 0 Å². The Morgan fingerprint density at radius 1 is 0.787 bits per heavy atom. The summed E-state index contributed by atoms with van der Waals surface area (Å²) in [4.78, 5) is 22.0. The van der Waals surface area contributed by atoms with Crippen LogP contribution in [0.4, 0.5) is 29.0 Å². The van der Waals surface area contributed by atoms with E-state index in [4.69, 9.17) is 33.9 Å². The molecule has 0 spiro atoms. The van der Waals surface area contributed by atoms with Gasteiger partial charge in [0.15, 0.2) is 11.3 Å². The van der Waals surface area contributed by atoms with Gasteiger partial charge < -0.3 is 20.9 Å². The fraction of sp³-hybridized carbons (Fsp3) is 0.312. The molecule has 0 unspecified atom stereocenters. The van der Waals surface area contributed by atoms with Crippen molar-refractivity contribution in [2.24, 2.45) is 0 Å². The molecule has 244 valence electrons. The topological polar surface area (TPSA) is 131 Å². The smallest absolute Gasteiger partial charge is 0.178 e. The maximum absolute atomic E-state index is 6.14. The van der Waals surface area contributed by atoms with E-state index in [1.807, 2.05) is 42.5 Å². The molecule has 2 aliphatic heterocycles. The summed E-state index contributed by atoms with van der Waals surface area (Å²) in [7, 11) is 0. The highest BCUT2D eigenvalue weighted by molar-refractivity contribution is 14.1. The van der Waals surface area contributed by atoms with Crippen LogP contribution >= 0.6 is 45.8 Å². The predicted octanol–water partition coefficient (Wildman–Crippen LogP) is 7.15. The summed E-state index contributed by atoms with van der Waals surface area (Å²) in [6.45, 7) is 6.64. The third kappa shape index (κ3) is 7.96. The van der Waals surface area contributed by atoms with Crippen molar-refractivity contribution >= 4 is 86.0 Å². The first-order valence-corrected chi connectivity index (χ1v) is 17.2. The predicted molar refractivity (Wildman–Crippen MR) is 197 cm³/mol. The Bertz CT molecular complexity index is 1960. The van der Waals surface area contributed by atoms with Crippen LogP contribution in [0.2, 0.25) is 10.0 Å². The standard InChI is InChI=1S/C16H17ClN6.C10H15N3.C6H3ClIN3/c1-11-4-3-7-22(11)15-6-2-5-14(21-15)20-13-8-12(17)9-23-16(13)18-10-19-23;1-8-4-3-7-13(8)10-6-2-5-9(11)12-10;7-4-1-5(8)6-9-3-10-11(6)2-4/h2,5-6,8-11H,3-4,7H2,1H3,(H,20,21);2,5-6,8H,3-4,7H2,1H3,(H2,11,12);1-3H/t11-;8-;/m00./s1. The molecular formula is C32H35Cl2IN12. The maximum Gasteiger partial charge on any atom is 0.178 e. The number of pyridine rings is 4. The van der Waals surface area contributed by atoms with Gasteiger partial charge in [-0.05, 0) is 98.5 Å². The Kier molecular flexibility index (Phi) is 10.4. The molecule has 2 atom stereocenters. The normalized spacial score (nSPS) is 17.4. The van der Waals surface area contributed by atoms with Gasteiger partial charge in [-0.3, -0.25) is 0 Å². The summed E-state index contributed by atoms with van der Waals surface area (Å²) < 4.78 is 4.31. The minimum Gasteiger partial charge on any atom is -0.384 e. The second-order valence-electron chi connectivity index (χ2n) is 11.4. The molecule has 6 aromatic rings. The highest BCUT2D eigenvalue weighted by Gasteiger charge is 2.22. The fourth-order valence-corrected chi connectivity index (χ4v) is 7.09. The van der Waals surface area contributed by atoms with Gasteiger partial charge in [0.1, 0.15) is 35.9 Å². The number of nitrogen functional groups attached to an aromatic ring is 1. The molecule has 0 bridgehead atoms. The van der Waals surface area contributed by atoms with Crippen LogP contribution in [0.1, 0.15) is 39.5 Å². The Balaban J connectivity index is 0.000000136. The van der Waals surface area contributed by atoms with Gasteiger partial charge in [0.2, 0.25) is 0 Å².